The first-order valence-electron chi connectivity index (χ1n) is 4.68. The van der Waals surface area contributed by atoms with Gasteiger partial charge < -0.3 is 11.5 Å². The van der Waals surface area contributed by atoms with Gasteiger partial charge in [0.1, 0.15) is 0 Å². The number of nitrogens with two attached hydrogens (primary N) is 2. The Morgan fingerprint density at radius 2 is 2.25 bits per heavy atom. The molecule has 16 heavy (non-hydrogen) atoms. The van der Waals surface area contributed by atoms with Crippen molar-refractivity contribution in [3.05, 3.63) is 24.7 Å². The summed E-state index contributed by atoms with van der Waals surface area (Å²) in [7, 11) is 0. The van der Waals surface area contributed by atoms with Crippen molar-refractivity contribution in [2.24, 2.45) is 4.99 Å². The quantitative estimate of drug-likeness (QED) is 0.581. The van der Waals surface area contributed by atoms with Crippen LogP contribution in [0.1, 0.15) is 0 Å². The third kappa shape index (κ3) is 1.24. The number of hydrogen-bond acceptors (Lipinski definition) is 7. The number of aromatic nitrogens is 3. The summed E-state index contributed by atoms with van der Waals surface area (Å²) < 4.78 is 0. The number of fused-ring (bicyclic) bond motifs is 1. The lowest BCUT2D eigenvalue weighted by molar-refractivity contribution is 0.548. The second-order valence-electron chi connectivity index (χ2n) is 3.37. The fourth-order valence-electron chi connectivity index (χ4n) is 1.60. The number of aliphatic imine (C=N–C) groups is 1. The van der Waals surface area contributed by atoms with Crippen molar-refractivity contribution in [1.82, 2.24) is 19.8 Å². The molecule has 2 aliphatic rings. The first kappa shape index (κ1) is 8.92. The van der Waals surface area contributed by atoms with Crippen LogP contribution in [0.4, 0.5) is 11.9 Å². The molecule has 81 valence electrons. The minimum atomic E-state index is 0.155. The van der Waals surface area contributed by atoms with Gasteiger partial charge in [-0.25, -0.2) is 5.01 Å². The molecule has 0 atom stereocenters. The molecule has 1 aromatic heterocycles. The molecule has 1 radical (unpaired) electrons. The Morgan fingerprint density at radius 1 is 1.38 bits per heavy atom. The lowest BCUT2D eigenvalue weighted by Crippen LogP contribution is -2.47. The second kappa shape index (κ2) is 3.07. The molecule has 0 bridgehead atoms. The van der Waals surface area contributed by atoms with Crippen molar-refractivity contribution < 1.29 is 0 Å². The van der Waals surface area contributed by atoms with Crippen LogP contribution in [0.15, 0.2) is 29.7 Å². The minimum Gasteiger partial charge on any atom is -0.366 e. The summed E-state index contributed by atoms with van der Waals surface area (Å²) in [5.41, 5.74) is 11.1. The van der Waals surface area contributed by atoms with Gasteiger partial charge in [0.05, 0.1) is 6.20 Å². The molecule has 2 aliphatic heterocycles. The van der Waals surface area contributed by atoms with Crippen molar-refractivity contribution >= 4 is 17.7 Å². The van der Waals surface area contributed by atoms with Crippen molar-refractivity contribution in [1.29, 1.82) is 0 Å². The number of nitrogens with zero attached hydrogens (tertiary/aromatic N) is 6. The molecule has 4 N–H and O–H groups in total. The molecule has 3 heterocycles. The van der Waals surface area contributed by atoms with E-state index in [1.54, 1.807) is 11.2 Å². The lowest BCUT2D eigenvalue weighted by atomic mass is 10.4. The predicted molar refractivity (Wildman–Crippen MR) is 59.8 cm³/mol. The maximum absolute atomic E-state index is 5.68. The van der Waals surface area contributed by atoms with Gasteiger partial charge in [0.2, 0.25) is 18.6 Å². The van der Waals surface area contributed by atoms with E-state index in [0.717, 1.165) is 5.84 Å². The second-order valence-corrected chi connectivity index (χ2v) is 3.37. The van der Waals surface area contributed by atoms with Crippen LogP contribution in [0.5, 0.6) is 0 Å². The Kier molecular flexibility index (Phi) is 1.71. The summed E-state index contributed by atoms with van der Waals surface area (Å²) in [5, 5.41) is 5.78. The van der Waals surface area contributed by atoms with Gasteiger partial charge in [0, 0.05) is 12.3 Å². The summed E-state index contributed by atoms with van der Waals surface area (Å²) in [6, 6.07) is 0. The van der Waals surface area contributed by atoms with E-state index in [0.29, 0.717) is 6.67 Å². The van der Waals surface area contributed by atoms with Crippen LogP contribution < -0.4 is 21.4 Å². The first-order chi connectivity index (χ1) is 7.74. The highest BCUT2D eigenvalue weighted by molar-refractivity contribution is 5.98. The van der Waals surface area contributed by atoms with Crippen LogP contribution in [-0.4, -0.2) is 27.4 Å². The van der Waals surface area contributed by atoms with Crippen LogP contribution in [0, 0.1) is 0 Å². The predicted octanol–water partition coefficient (Wildman–Crippen LogP) is -1.11. The van der Waals surface area contributed by atoms with E-state index in [9.17, 15) is 0 Å². The van der Waals surface area contributed by atoms with Gasteiger partial charge in [-0.15, -0.1) is 9.89 Å². The van der Waals surface area contributed by atoms with Crippen molar-refractivity contribution in [3.63, 3.8) is 0 Å². The highest BCUT2D eigenvalue weighted by atomic mass is 15.7. The van der Waals surface area contributed by atoms with Gasteiger partial charge in [-0.1, -0.05) is 4.90 Å². The number of amidine groups is 1. The van der Waals surface area contributed by atoms with Crippen LogP contribution in [0.25, 0.3) is 0 Å². The minimum absolute atomic E-state index is 0.155. The number of rotatable bonds is 1. The average molecular weight is 218 g/mol. The van der Waals surface area contributed by atoms with Gasteiger partial charge in [0.25, 0.3) is 5.84 Å². The maximum atomic E-state index is 5.68. The first-order valence-corrected chi connectivity index (χ1v) is 4.68. The van der Waals surface area contributed by atoms with Gasteiger partial charge in [-0.3, -0.25) is 0 Å². The zero-order chi connectivity index (χ0) is 11.1. The average Bonchev–Trinajstić information content (AvgIpc) is 2.83. The zero-order valence-corrected chi connectivity index (χ0v) is 8.35. The molecule has 0 unspecified atom stereocenters. The SMILES string of the molecule is Nc1nc(N)n(N2C=CC3=NC=C[N+]3C2)n1. The Balaban J connectivity index is 1.93. The van der Waals surface area contributed by atoms with Gasteiger partial charge in [-0.05, 0) is 0 Å². The Morgan fingerprint density at radius 3 is 3.00 bits per heavy atom. The van der Waals surface area contributed by atoms with Crippen LogP contribution in [0.2, 0.25) is 0 Å². The Bertz CT molecular complexity index is 510. The standard InChI is InChI=1S/C8H10N8/c9-7-12-8(10)16(13-7)15-3-1-6-11-2-4-14(6)5-15/h1-4H,5H2,(H4,9,10,12,13)/q+1. The van der Waals surface area contributed by atoms with Crippen molar-refractivity contribution in [3.8, 4) is 0 Å². The number of hydrogen-bond donors (Lipinski definition) is 2. The molecule has 0 aliphatic carbocycles. The molecule has 8 nitrogen and oxygen atoms in total. The normalized spacial score (nSPS) is 19.0. The Hall–Kier alpha value is -2.35. The van der Waals surface area contributed by atoms with Crippen molar-refractivity contribution in [2.75, 3.05) is 23.1 Å². The molecule has 0 aromatic carbocycles. The Labute approximate surface area is 91.1 Å². The molecule has 0 saturated carbocycles. The fourth-order valence-corrected chi connectivity index (χ4v) is 1.60. The van der Waals surface area contributed by atoms with E-state index in [1.807, 2.05) is 23.4 Å². The third-order valence-electron chi connectivity index (χ3n) is 2.32. The van der Waals surface area contributed by atoms with Gasteiger partial charge >= 0.3 is 0 Å². The van der Waals surface area contributed by atoms with Crippen LogP contribution in [-0.2, 0) is 0 Å². The molecule has 0 saturated heterocycles. The topological polar surface area (TPSA) is 104 Å². The highest BCUT2D eigenvalue weighted by Gasteiger charge is 2.30. The summed E-state index contributed by atoms with van der Waals surface area (Å²) >= 11 is 0. The fraction of sp³-hybridized carbons (Fsp3) is 0.125. The van der Waals surface area contributed by atoms with E-state index in [2.05, 4.69) is 15.1 Å². The number of anilines is 2. The van der Waals surface area contributed by atoms with Gasteiger partial charge in [0.15, 0.2) is 6.20 Å². The molecule has 0 spiro atoms. The maximum Gasteiger partial charge on any atom is 0.284 e. The number of nitrogen functional groups attached to an aromatic ring is 2. The van der Waals surface area contributed by atoms with Crippen LogP contribution in [0.3, 0.4) is 0 Å². The molecular weight excluding hydrogens is 208 g/mol. The van der Waals surface area contributed by atoms with Crippen molar-refractivity contribution in [2.45, 2.75) is 0 Å². The monoisotopic (exact) mass is 218 g/mol. The third-order valence-corrected chi connectivity index (χ3v) is 2.32. The van der Waals surface area contributed by atoms with E-state index in [4.69, 9.17) is 11.5 Å². The molecular formula is C8H10N8+. The zero-order valence-electron chi connectivity index (χ0n) is 8.35. The van der Waals surface area contributed by atoms with E-state index >= 15 is 0 Å². The highest BCUT2D eigenvalue weighted by Crippen LogP contribution is 2.10. The molecule has 0 amide bonds. The van der Waals surface area contributed by atoms with E-state index < -0.39 is 0 Å². The largest absolute Gasteiger partial charge is 0.366 e. The molecule has 0 fully saturated rings. The summed E-state index contributed by atoms with van der Waals surface area (Å²) in [6.45, 7) is 0.568. The summed E-state index contributed by atoms with van der Waals surface area (Å²) in [5.74, 6) is 1.30. The summed E-state index contributed by atoms with van der Waals surface area (Å²) in [4.78, 5) is 11.4. The molecule has 1 aromatic rings. The summed E-state index contributed by atoms with van der Waals surface area (Å²) in [6.07, 6.45) is 7.30. The van der Waals surface area contributed by atoms with Gasteiger partial charge in [-0.2, -0.15) is 9.98 Å². The molecule has 8 heteroatoms. The van der Waals surface area contributed by atoms with E-state index in [-0.39, 0.29) is 11.9 Å². The lowest BCUT2D eigenvalue weighted by Gasteiger charge is -2.21. The smallest absolute Gasteiger partial charge is 0.284 e. The van der Waals surface area contributed by atoms with Crippen LogP contribution >= 0.6 is 0 Å². The van der Waals surface area contributed by atoms with E-state index in [1.165, 1.54) is 4.79 Å². The molecule has 3 rings (SSSR count).